The van der Waals surface area contributed by atoms with Crippen molar-refractivity contribution in [3.63, 3.8) is 0 Å². The number of nitrogens with zero attached hydrogens (tertiary/aromatic N) is 1. The Morgan fingerprint density at radius 3 is 1.36 bits per heavy atom. The fourth-order valence-corrected chi connectivity index (χ4v) is 1.66. The van der Waals surface area contributed by atoms with Crippen LogP contribution in [0.4, 0.5) is 4.39 Å². The van der Waals surface area contributed by atoms with E-state index in [1.54, 1.807) is 0 Å². The largest absolute Gasteiger partial charge is 0.345 e. The third-order valence-electron chi connectivity index (χ3n) is 2.67. The average molecular weight is 437 g/mol. The number of aromatic nitrogens is 2. The van der Waals surface area contributed by atoms with E-state index in [0.29, 0.717) is 11.0 Å². The first kappa shape index (κ1) is 25.1. The lowest BCUT2D eigenvalue weighted by Gasteiger charge is -1.91. The summed E-state index contributed by atoms with van der Waals surface area (Å²) in [4.78, 5) is 6.69. The van der Waals surface area contributed by atoms with E-state index in [4.69, 9.17) is 24.4 Å². The average Bonchev–Trinajstić information content (AvgIpc) is 3.26. The van der Waals surface area contributed by atoms with Gasteiger partial charge in [-0.2, -0.15) is 0 Å². The van der Waals surface area contributed by atoms with Gasteiger partial charge in [0.25, 0.3) is 0 Å². The molecule has 1 aromatic heterocycles. The molecule has 0 aliphatic rings. The molecule has 2 rings (SSSR count). The number of benzene rings is 1. The minimum absolute atomic E-state index is 0.101. The molecular weight excluding hydrogens is 431 g/mol. The van der Waals surface area contributed by atoms with E-state index in [2.05, 4.69) is 128 Å². The van der Waals surface area contributed by atoms with E-state index in [1.165, 1.54) is 18.5 Å². The molecule has 2 nitrogen and oxygen atoms in total. The Labute approximate surface area is 197 Å². The third-order valence-corrected chi connectivity index (χ3v) is 2.96. The number of terminal acetylenes is 2. The van der Waals surface area contributed by atoms with Crippen molar-refractivity contribution in [3.05, 3.63) is 29.3 Å². The highest BCUT2D eigenvalue weighted by atomic mass is 35.5. The molecule has 0 atom stereocenters. The second-order valence-corrected chi connectivity index (χ2v) is 5.13. The summed E-state index contributed by atoms with van der Waals surface area (Å²) in [6.45, 7) is 0. The maximum atomic E-state index is 12.7. The fourth-order valence-electron chi connectivity index (χ4n) is 1.50. The van der Waals surface area contributed by atoms with Gasteiger partial charge in [0, 0.05) is 29.7 Å². The quantitative estimate of drug-likeness (QED) is 0.632. The lowest BCUT2D eigenvalue weighted by Crippen LogP contribution is -1.76. The van der Waals surface area contributed by atoms with Crippen molar-refractivity contribution in [2.24, 2.45) is 0 Å². The number of nitrogens with one attached hydrogen (secondary N) is 1. The topological polar surface area (TPSA) is 28.7 Å². The van der Waals surface area contributed by atoms with Gasteiger partial charge in [-0.05, 0) is 101 Å². The van der Waals surface area contributed by atoms with Crippen molar-refractivity contribution in [1.29, 1.82) is 0 Å². The molecule has 1 N–H and O–H groups in total. The number of H-pyrrole nitrogens is 1. The summed E-state index contributed by atoms with van der Waals surface area (Å²) in [7, 11) is 0. The Hall–Kier alpha value is -5.93. The summed E-state index contributed by atoms with van der Waals surface area (Å²) in [5.41, 5.74) is 1.34. The number of imidazole rings is 1. The molecule has 1 aromatic carbocycles. The molecule has 0 aliphatic carbocycles. The van der Waals surface area contributed by atoms with Crippen LogP contribution in [-0.4, -0.2) is 9.97 Å². The van der Waals surface area contributed by atoms with Gasteiger partial charge in [0.15, 0.2) is 0 Å². The summed E-state index contributed by atoms with van der Waals surface area (Å²) >= 11 is 5.52. The highest BCUT2D eigenvalue weighted by Crippen LogP contribution is 2.19. The Morgan fingerprint density at radius 1 is 0.636 bits per heavy atom. The molecule has 0 amide bonds. The molecule has 0 fully saturated rings. The zero-order valence-electron chi connectivity index (χ0n) is 16.6. The van der Waals surface area contributed by atoms with Crippen LogP contribution in [-0.2, 0) is 0 Å². The number of halogens is 2. The van der Waals surface area contributed by atoms with E-state index < -0.39 is 5.82 Å². The first-order chi connectivity index (χ1) is 16.2. The first-order valence-electron chi connectivity index (χ1n) is 8.38. The van der Waals surface area contributed by atoms with Gasteiger partial charge >= 0.3 is 0 Å². The monoisotopic (exact) mass is 436 g/mol. The Kier molecular flexibility index (Phi) is 12.9. The number of hydrogen-bond acceptors (Lipinski definition) is 1. The van der Waals surface area contributed by atoms with Crippen LogP contribution in [0.2, 0.25) is 5.02 Å². The molecular formula is C29H6ClFN2. The lowest BCUT2D eigenvalue weighted by molar-refractivity contribution is 0.630. The van der Waals surface area contributed by atoms with Gasteiger partial charge in [-0.1, -0.05) is 11.6 Å². The molecule has 33 heavy (non-hydrogen) atoms. The second kappa shape index (κ2) is 17.0. The van der Waals surface area contributed by atoms with Crippen LogP contribution >= 0.6 is 11.6 Å². The van der Waals surface area contributed by atoms with E-state index in [9.17, 15) is 4.39 Å². The fraction of sp³-hybridized carbons (Fsp3) is 0. The van der Waals surface area contributed by atoms with Crippen molar-refractivity contribution in [2.45, 2.75) is 0 Å². The van der Waals surface area contributed by atoms with Crippen LogP contribution in [0.15, 0.2) is 18.5 Å². The van der Waals surface area contributed by atoms with Crippen LogP contribution < -0.4 is 0 Å². The third kappa shape index (κ3) is 12.3. The lowest BCUT2D eigenvalue weighted by atomic mass is 10.3. The van der Waals surface area contributed by atoms with Crippen molar-refractivity contribution in [1.82, 2.24) is 9.97 Å². The smallest absolute Gasteiger partial charge is 0.144 e. The predicted octanol–water partition coefficient (Wildman–Crippen LogP) is 2.64. The first-order valence-corrected chi connectivity index (χ1v) is 8.76. The molecule has 2 aromatic rings. The zero-order chi connectivity index (χ0) is 24.0. The van der Waals surface area contributed by atoms with Gasteiger partial charge in [-0.25, -0.2) is 9.37 Å². The van der Waals surface area contributed by atoms with Crippen molar-refractivity contribution in [3.8, 4) is 131 Å². The van der Waals surface area contributed by atoms with Gasteiger partial charge in [-0.15, -0.1) is 12.8 Å². The standard InChI is InChI=1S/C22H2.C7H4ClFN2/c1-3-5-7-9-11-13-15-17-19-21-22-20-18-16-14-12-10-8-6-4-2;8-4-1-6-7(2-5(4)9)11-3-10-6/h1-2H;1-3H,(H,10,11). The number of rotatable bonds is 0. The van der Waals surface area contributed by atoms with Crippen LogP contribution in [0.3, 0.4) is 0 Å². The van der Waals surface area contributed by atoms with E-state index in [0.717, 1.165) is 0 Å². The van der Waals surface area contributed by atoms with E-state index in [1.807, 2.05) is 0 Å². The van der Waals surface area contributed by atoms with Gasteiger partial charge in [0.05, 0.1) is 22.4 Å². The molecule has 4 heteroatoms. The predicted molar refractivity (Wildman–Crippen MR) is 129 cm³/mol. The van der Waals surface area contributed by atoms with Crippen LogP contribution in [0.5, 0.6) is 0 Å². The highest BCUT2D eigenvalue weighted by molar-refractivity contribution is 6.31. The minimum atomic E-state index is -0.427. The summed E-state index contributed by atoms with van der Waals surface area (Å²) in [5.74, 6) is 47.8. The van der Waals surface area contributed by atoms with E-state index in [-0.39, 0.29) is 5.02 Å². The van der Waals surface area contributed by atoms with Crippen LogP contribution in [0.25, 0.3) is 11.0 Å². The highest BCUT2D eigenvalue weighted by Gasteiger charge is 2.02. The maximum absolute atomic E-state index is 12.7. The van der Waals surface area contributed by atoms with Crippen molar-refractivity contribution < 1.29 is 4.39 Å². The summed E-state index contributed by atoms with van der Waals surface area (Å²) in [6.07, 6.45) is 11.3. The second-order valence-electron chi connectivity index (χ2n) is 4.72. The van der Waals surface area contributed by atoms with Gasteiger partial charge < -0.3 is 4.98 Å². The molecule has 0 spiro atoms. The molecule has 1 heterocycles. The van der Waals surface area contributed by atoms with Crippen LogP contribution in [0, 0.1) is 137 Å². The van der Waals surface area contributed by atoms with Crippen LogP contribution in [0.1, 0.15) is 0 Å². The summed E-state index contributed by atoms with van der Waals surface area (Å²) < 4.78 is 12.7. The van der Waals surface area contributed by atoms with Crippen molar-refractivity contribution >= 4 is 22.6 Å². The summed E-state index contributed by atoms with van der Waals surface area (Å²) in [5, 5.41) is 0.101. The normalized spacial score (nSPS) is 6.06. The SMILES string of the molecule is C#CC#CC#CC#CC#CC#CC#CC#CC#CC#CC#C.Fc1cc2[nH]cnc2cc1Cl. The van der Waals surface area contributed by atoms with E-state index >= 15 is 0 Å². The van der Waals surface area contributed by atoms with Gasteiger partial charge in [0.1, 0.15) is 5.82 Å². The Morgan fingerprint density at radius 2 is 1.00 bits per heavy atom. The molecule has 0 saturated carbocycles. The number of aromatic amines is 1. The Bertz CT molecular complexity index is 1580. The van der Waals surface area contributed by atoms with Crippen molar-refractivity contribution in [2.75, 3.05) is 0 Å². The van der Waals surface area contributed by atoms with Gasteiger partial charge in [0.2, 0.25) is 0 Å². The minimum Gasteiger partial charge on any atom is -0.345 e. The van der Waals surface area contributed by atoms with Gasteiger partial charge in [-0.3, -0.25) is 0 Å². The number of hydrogen-bond donors (Lipinski definition) is 1. The molecule has 0 aliphatic heterocycles. The Balaban J connectivity index is 0.000000405. The summed E-state index contributed by atoms with van der Waals surface area (Å²) in [6, 6.07) is 2.81. The molecule has 0 bridgehead atoms. The molecule has 0 unspecified atom stereocenters. The molecule has 146 valence electrons. The maximum Gasteiger partial charge on any atom is 0.144 e. The molecule has 0 radical (unpaired) electrons. The molecule has 0 saturated heterocycles. The zero-order valence-corrected chi connectivity index (χ0v) is 17.3. The number of fused-ring (bicyclic) bond motifs is 1.